The number of nitrogens with one attached hydrogen (secondary N) is 2. The third-order valence-corrected chi connectivity index (χ3v) is 6.95. The summed E-state index contributed by atoms with van der Waals surface area (Å²) in [6, 6.07) is 11.8. The van der Waals surface area contributed by atoms with Crippen LogP contribution in [0.15, 0.2) is 60.8 Å². The van der Waals surface area contributed by atoms with Crippen molar-refractivity contribution >= 4 is 22.7 Å². The van der Waals surface area contributed by atoms with Gasteiger partial charge >= 0.3 is 6.18 Å². The maximum atomic E-state index is 14.5. The van der Waals surface area contributed by atoms with Crippen LogP contribution in [0.2, 0.25) is 0 Å². The number of hydrogen-bond acceptors (Lipinski definition) is 5. The van der Waals surface area contributed by atoms with Crippen molar-refractivity contribution in [3.63, 3.8) is 0 Å². The van der Waals surface area contributed by atoms with E-state index in [2.05, 4.69) is 15.3 Å². The molecular formula is C27H22F4N4O4. The monoisotopic (exact) mass is 542 g/mol. The average Bonchev–Trinajstić information content (AvgIpc) is 3.51. The van der Waals surface area contributed by atoms with Crippen LogP contribution in [-0.2, 0) is 15.8 Å². The molecule has 2 amide bonds. The second kappa shape index (κ2) is 9.09. The van der Waals surface area contributed by atoms with Crippen molar-refractivity contribution in [1.82, 2.24) is 15.3 Å². The van der Waals surface area contributed by atoms with Gasteiger partial charge in [0, 0.05) is 33.8 Å². The highest BCUT2D eigenvalue weighted by Crippen LogP contribution is 2.47. The normalized spacial score (nSPS) is 18.3. The first-order valence-corrected chi connectivity index (χ1v) is 11.7. The lowest BCUT2D eigenvalue weighted by atomic mass is 9.81. The zero-order valence-electron chi connectivity index (χ0n) is 20.4. The largest absolute Gasteiger partial charge is 0.489 e. The molecular weight excluding hydrogens is 520 g/mol. The van der Waals surface area contributed by atoms with Crippen molar-refractivity contribution in [2.75, 3.05) is 13.2 Å². The van der Waals surface area contributed by atoms with Crippen LogP contribution in [-0.4, -0.2) is 46.2 Å². The summed E-state index contributed by atoms with van der Waals surface area (Å²) in [5.74, 6) is -2.33. The Morgan fingerprint density at radius 3 is 2.54 bits per heavy atom. The van der Waals surface area contributed by atoms with Gasteiger partial charge in [0.1, 0.15) is 29.3 Å². The van der Waals surface area contributed by atoms with E-state index in [0.29, 0.717) is 5.39 Å². The molecule has 3 heterocycles. The third kappa shape index (κ3) is 4.36. The molecule has 1 aliphatic rings. The number of halogens is 4. The molecule has 0 unspecified atom stereocenters. The maximum absolute atomic E-state index is 14.5. The molecule has 0 aliphatic carbocycles. The maximum Gasteiger partial charge on any atom is 0.424 e. The number of ether oxygens (including phenoxy) is 1. The van der Waals surface area contributed by atoms with E-state index in [0.717, 1.165) is 23.7 Å². The molecule has 0 radical (unpaired) electrons. The van der Waals surface area contributed by atoms with Gasteiger partial charge in [-0.2, -0.15) is 13.2 Å². The van der Waals surface area contributed by atoms with Crippen molar-refractivity contribution in [3.8, 4) is 17.0 Å². The van der Waals surface area contributed by atoms with E-state index in [4.69, 9.17) is 10.5 Å². The first kappa shape index (κ1) is 26.2. The molecule has 4 aromatic rings. The summed E-state index contributed by atoms with van der Waals surface area (Å²) < 4.78 is 62.7. The van der Waals surface area contributed by atoms with Gasteiger partial charge in [-0.3, -0.25) is 9.59 Å². The predicted octanol–water partition coefficient (Wildman–Crippen LogP) is 3.68. The van der Waals surface area contributed by atoms with E-state index in [1.807, 2.05) is 0 Å². The Kier molecular flexibility index (Phi) is 6.10. The van der Waals surface area contributed by atoms with Crippen molar-refractivity contribution in [3.05, 3.63) is 83.4 Å². The Balaban J connectivity index is 1.59. The van der Waals surface area contributed by atoms with Crippen LogP contribution in [0.25, 0.3) is 22.2 Å². The summed E-state index contributed by atoms with van der Waals surface area (Å²) in [4.78, 5) is 32.1. The standard InChI is InChI=1S/C27H22F4N4O4/c1-25(24(32)37)13-39-22-18(25)11-20(35-21(22)14-2-5-17(28)6-3-14)26(38,27(29,30)31)12-34-23(36)16-4-7-19-15(10-16)8-9-33-19/h2-11,33,38H,12-13H2,1H3,(H2,32,37)(H,34,36)/t25-,26-/m0/s1. The molecule has 8 nitrogen and oxygen atoms in total. The van der Waals surface area contributed by atoms with Crippen LogP contribution in [0.4, 0.5) is 17.6 Å². The van der Waals surface area contributed by atoms with E-state index >= 15 is 0 Å². The number of H-pyrrole nitrogens is 1. The van der Waals surface area contributed by atoms with Crippen molar-refractivity contribution in [2.45, 2.75) is 24.1 Å². The highest BCUT2D eigenvalue weighted by atomic mass is 19.4. The van der Waals surface area contributed by atoms with Gasteiger partial charge in [-0.05, 0) is 61.5 Å². The van der Waals surface area contributed by atoms with Gasteiger partial charge < -0.3 is 25.9 Å². The Morgan fingerprint density at radius 2 is 1.87 bits per heavy atom. The molecule has 0 fully saturated rings. The lowest BCUT2D eigenvalue weighted by molar-refractivity contribution is -0.265. The van der Waals surface area contributed by atoms with Crippen molar-refractivity contribution in [1.29, 1.82) is 0 Å². The lowest BCUT2D eigenvalue weighted by Crippen LogP contribution is -2.51. The van der Waals surface area contributed by atoms with Gasteiger partial charge in [0.15, 0.2) is 0 Å². The van der Waals surface area contributed by atoms with Crippen LogP contribution >= 0.6 is 0 Å². The number of aliphatic hydroxyl groups is 1. The number of rotatable bonds is 6. The number of benzene rings is 2. The van der Waals surface area contributed by atoms with Gasteiger partial charge in [0.2, 0.25) is 11.5 Å². The zero-order valence-corrected chi connectivity index (χ0v) is 20.4. The summed E-state index contributed by atoms with van der Waals surface area (Å²) in [5.41, 5.74) is 0.264. The number of nitrogens with zero attached hydrogens (tertiary/aromatic N) is 1. The molecule has 12 heteroatoms. The molecule has 202 valence electrons. The average molecular weight is 542 g/mol. The number of aromatic nitrogens is 2. The fourth-order valence-electron chi connectivity index (χ4n) is 4.44. The number of carbonyl (C=O) groups is 2. The summed E-state index contributed by atoms with van der Waals surface area (Å²) in [7, 11) is 0. The fraction of sp³-hybridized carbons (Fsp3) is 0.222. The Labute approximate surface area is 218 Å². The van der Waals surface area contributed by atoms with Crippen LogP contribution in [0.1, 0.15) is 28.5 Å². The summed E-state index contributed by atoms with van der Waals surface area (Å²) in [5, 5.41) is 13.9. The molecule has 5 N–H and O–H groups in total. The summed E-state index contributed by atoms with van der Waals surface area (Å²) in [6.45, 7) is -0.173. The van der Waals surface area contributed by atoms with Crippen LogP contribution < -0.4 is 15.8 Å². The minimum atomic E-state index is -5.31. The van der Waals surface area contributed by atoms with Gasteiger partial charge in [0.25, 0.3) is 5.91 Å². The van der Waals surface area contributed by atoms with E-state index in [9.17, 15) is 32.3 Å². The molecule has 39 heavy (non-hydrogen) atoms. The lowest BCUT2D eigenvalue weighted by Gasteiger charge is -2.31. The number of fused-ring (bicyclic) bond motifs is 2. The van der Waals surface area contributed by atoms with Gasteiger partial charge in [-0.1, -0.05) is 0 Å². The highest BCUT2D eigenvalue weighted by Gasteiger charge is 2.57. The molecule has 0 saturated carbocycles. The predicted molar refractivity (Wildman–Crippen MR) is 132 cm³/mol. The number of pyridine rings is 1. The van der Waals surface area contributed by atoms with Crippen LogP contribution in [0.3, 0.4) is 0 Å². The fourth-order valence-corrected chi connectivity index (χ4v) is 4.44. The topological polar surface area (TPSA) is 130 Å². The Hall–Kier alpha value is -4.45. The van der Waals surface area contributed by atoms with Crippen LogP contribution in [0, 0.1) is 5.82 Å². The number of amides is 2. The quantitative estimate of drug-likeness (QED) is 0.276. The highest BCUT2D eigenvalue weighted by molar-refractivity contribution is 5.98. The number of hydrogen-bond donors (Lipinski definition) is 4. The van der Waals surface area contributed by atoms with E-state index in [-0.39, 0.29) is 34.7 Å². The summed E-state index contributed by atoms with van der Waals surface area (Å²) in [6.07, 6.45) is -3.66. The molecule has 2 aromatic heterocycles. The number of primary amides is 1. The molecule has 2 atom stereocenters. The smallest absolute Gasteiger partial charge is 0.424 e. The first-order valence-electron chi connectivity index (χ1n) is 11.7. The molecule has 0 bridgehead atoms. The number of carbonyl (C=O) groups excluding carboxylic acids is 2. The van der Waals surface area contributed by atoms with E-state index in [1.54, 1.807) is 18.3 Å². The number of aromatic amines is 1. The molecule has 1 aliphatic heterocycles. The molecule has 0 spiro atoms. The van der Waals surface area contributed by atoms with Crippen molar-refractivity contribution < 1.29 is 37.0 Å². The minimum absolute atomic E-state index is 0.0139. The molecule has 2 aromatic carbocycles. The van der Waals surface area contributed by atoms with Gasteiger partial charge in [0.05, 0.1) is 12.2 Å². The number of alkyl halides is 3. The second-order valence-electron chi connectivity index (χ2n) is 9.55. The second-order valence-corrected chi connectivity index (χ2v) is 9.55. The third-order valence-electron chi connectivity index (χ3n) is 6.95. The Morgan fingerprint density at radius 1 is 1.15 bits per heavy atom. The van der Waals surface area contributed by atoms with Crippen molar-refractivity contribution in [2.24, 2.45) is 5.73 Å². The van der Waals surface area contributed by atoms with Gasteiger partial charge in [-0.15, -0.1) is 0 Å². The Bertz CT molecular complexity index is 1600. The van der Waals surface area contributed by atoms with Gasteiger partial charge in [-0.25, -0.2) is 9.37 Å². The molecule has 0 saturated heterocycles. The zero-order chi connectivity index (χ0) is 28.2. The first-order chi connectivity index (χ1) is 18.3. The van der Waals surface area contributed by atoms with Crippen LogP contribution in [0.5, 0.6) is 5.75 Å². The van der Waals surface area contributed by atoms with E-state index < -0.39 is 47.1 Å². The minimum Gasteiger partial charge on any atom is -0.489 e. The summed E-state index contributed by atoms with van der Waals surface area (Å²) >= 11 is 0. The number of nitrogens with two attached hydrogens (primary N) is 1. The molecule has 5 rings (SSSR count). The SMILES string of the molecule is C[C@]1(C(N)=O)COc2c1cc([C@@](O)(CNC(=O)c1ccc3[nH]ccc3c1)C(F)(F)F)nc2-c1ccc(F)cc1. The van der Waals surface area contributed by atoms with E-state index in [1.165, 1.54) is 31.2 Å².